The molecule has 0 bridgehead atoms. The zero-order chi connectivity index (χ0) is 13.1. The fraction of sp³-hybridized carbons (Fsp3) is 0.154. The summed E-state index contributed by atoms with van der Waals surface area (Å²) < 4.78 is 0. The van der Waals surface area contributed by atoms with Gasteiger partial charge in [-0.25, -0.2) is 4.98 Å². The van der Waals surface area contributed by atoms with Crippen LogP contribution in [0, 0.1) is 0 Å². The van der Waals surface area contributed by atoms with Gasteiger partial charge in [0, 0.05) is 23.6 Å². The molecule has 0 fully saturated rings. The molecule has 0 saturated carbocycles. The van der Waals surface area contributed by atoms with Gasteiger partial charge in [-0.15, -0.1) is 11.3 Å². The van der Waals surface area contributed by atoms with E-state index in [0.29, 0.717) is 16.4 Å². The third kappa shape index (κ3) is 2.81. The summed E-state index contributed by atoms with van der Waals surface area (Å²) in [5, 5.41) is 5.47. The van der Waals surface area contributed by atoms with Crippen LogP contribution in [0.3, 0.4) is 0 Å². The van der Waals surface area contributed by atoms with Gasteiger partial charge in [0.1, 0.15) is 5.69 Å². The van der Waals surface area contributed by atoms with Gasteiger partial charge in [-0.2, -0.15) is 0 Å². The van der Waals surface area contributed by atoms with Crippen molar-refractivity contribution >= 4 is 33.7 Å². The lowest BCUT2D eigenvalue weighted by Gasteiger charge is -2.02. The predicted octanol–water partition coefficient (Wildman–Crippen LogP) is 3.29. The third-order valence-electron chi connectivity index (χ3n) is 2.41. The predicted molar refractivity (Wildman–Crippen MR) is 71.8 cm³/mol. The summed E-state index contributed by atoms with van der Waals surface area (Å²) in [7, 11) is 0. The molecule has 0 aliphatic heterocycles. The van der Waals surface area contributed by atoms with Crippen molar-refractivity contribution in [3.8, 4) is 0 Å². The number of hydrogen-bond acceptors (Lipinski definition) is 5. The van der Waals surface area contributed by atoms with Crippen molar-refractivity contribution in [3.63, 3.8) is 0 Å². The second kappa shape index (κ2) is 5.10. The van der Waals surface area contributed by atoms with E-state index in [1.807, 2.05) is 12.1 Å². The van der Waals surface area contributed by atoms with Gasteiger partial charge >= 0.3 is 0 Å². The van der Waals surface area contributed by atoms with Crippen molar-refractivity contribution < 1.29 is 9.59 Å². The van der Waals surface area contributed by atoms with Crippen molar-refractivity contribution in [2.24, 2.45) is 0 Å². The molecule has 5 heteroatoms. The number of aromatic nitrogens is 1. The molecule has 1 aromatic heterocycles. The first-order valence-corrected chi connectivity index (χ1v) is 6.28. The van der Waals surface area contributed by atoms with E-state index in [1.165, 1.54) is 25.2 Å². The highest BCUT2D eigenvalue weighted by atomic mass is 32.1. The molecule has 0 unspecified atom stereocenters. The Balaban J connectivity index is 2.13. The number of anilines is 2. The minimum absolute atomic E-state index is 0.0367. The van der Waals surface area contributed by atoms with Gasteiger partial charge in [0.05, 0.1) is 0 Å². The van der Waals surface area contributed by atoms with E-state index in [0.717, 1.165) is 5.69 Å². The maximum atomic E-state index is 11.1. The van der Waals surface area contributed by atoms with Gasteiger partial charge in [0.25, 0.3) is 0 Å². The summed E-state index contributed by atoms with van der Waals surface area (Å²) in [5.41, 5.74) is 1.97. The Bertz CT molecular complexity index is 587. The van der Waals surface area contributed by atoms with Crippen molar-refractivity contribution in [3.05, 3.63) is 40.9 Å². The summed E-state index contributed by atoms with van der Waals surface area (Å²) >= 11 is 1.37. The monoisotopic (exact) mass is 260 g/mol. The van der Waals surface area contributed by atoms with Crippen LogP contribution in [0.15, 0.2) is 29.6 Å². The lowest BCUT2D eigenvalue weighted by atomic mass is 10.1. The summed E-state index contributed by atoms with van der Waals surface area (Å²) in [6, 6.07) is 7.13. The third-order valence-corrected chi connectivity index (χ3v) is 3.17. The molecule has 0 aliphatic carbocycles. The number of carbonyl (C=O) groups excluding carboxylic acids is 2. The maximum Gasteiger partial charge on any atom is 0.187 e. The normalized spacial score (nSPS) is 10.1. The summed E-state index contributed by atoms with van der Waals surface area (Å²) in [4.78, 5) is 26.4. The Morgan fingerprint density at radius 2 is 1.78 bits per heavy atom. The summed E-state index contributed by atoms with van der Waals surface area (Å²) in [6.45, 7) is 3.02. The van der Waals surface area contributed by atoms with E-state index in [4.69, 9.17) is 0 Å². The number of nitrogens with one attached hydrogen (secondary N) is 1. The number of thiazole rings is 1. The SMILES string of the molecule is CC(=O)c1ccc(Nc2nc(C(C)=O)cs2)cc1. The van der Waals surface area contributed by atoms with Crippen LogP contribution in [0.4, 0.5) is 10.8 Å². The highest BCUT2D eigenvalue weighted by Crippen LogP contribution is 2.21. The van der Waals surface area contributed by atoms with Gasteiger partial charge in [0.15, 0.2) is 16.7 Å². The number of ketones is 2. The molecular weight excluding hydrogens is 248 g/mol. The largest absolute Gasteiger partial charge is 0.332 e. The second-order valence-corrected chi connectivity index (χ2v) is 4.71. The number of benzene rings is 1. The van der Waals surface area contributed by atoms with Crippen LogP contribution >= 0.6 is 11.3 Å². The summed E-state index contributed by atoms with van der Waals surface area (Å²) in [6.07, 6.45) is 0. The van der Waals surface area contributed by atoms with Crippen molar-refractivity contribution in [2.45, 2.75) is 13.8 Å². The Morgan fingerprint density at radius 1 is 1.11 bits per heavy atom. The zero-order valence-corrected chi connectivity index (χ0v) is 10.9. The number of Topliss-reactive ketones (excluding diaryl/α,β-unsaturated/α-hetero) is 2. The van der Waals surface area contributed by atoms with Crippen LogP contribution in [0.1, 0.15) is 34.7 Å². The molecule has 0 radical (unpaired) electrons. The first-order chi connectivity index (χ1) is 8.56. The lowest BCUT2D eigenvalue weighted by molar-refractivity contribution is 0.100. The molecule has 0 spiro atoms. The zero-order valence-electron chi connectivity index (χ0n) is 10.1. The van der Waals surface area contributed by atoms with Crippen LogP contribution in [0.25, 0.3) is 0 Å². The van der Waals surface area contributed by atoms with Crippen LogP contribution in [0.2, 0.25) is 0 Å². The van der Waals surface area contributed by atoms with Crippen LogP contribution in [-0.4, -0.2) is 16.6 Å². The van der Waals surface area contributed by atoms with Gasteiger partial charge in [0.2, 0.25) is 0 Å². The quantitative estimate of drug-likeness (QED) is 0.857. The number of carbonyl (C=O) groups is 2. The molecule has 0 aliphatic rings. The van der Waals surface area contributed by atoms with E-state index in [-0.39, 0.29) is 11.6 Å². The number of rotatable bonds is 4. The van der Waals surface area contributed by atoms with E-state index in [2.05, 4.69) is 10.3 Å². The average Bonchev–Trinajstić information content (AvgIpc) is 2.78. The minimum atomic E-state index is -0.0498. The van der Waals surface area contributed by atoms with Crippen LogP contribution < -0.4 is 5.32 Å². The molecule has 2 aromatic rings. The molecular formula is C13H12N2O2S. The molecule has 0 amide bonds. The van der Waals surface area contributed by atoms with Crippen LogP contribution in [-0.2, 0) is 0 Å². The van der Waals surface area contributed by atoms with Crippen molar-refractivity contribution in [2.75, 3.05) is 5.32 Å². The molecule has 18 heavy (non-hydrogen) atoms. The van der Waals surface area contributed by atoms with E-state index >= 15 is 0 Å². The summed E-state index contributed by atoms with van der Waals surface area (Å²) in [5.74, 6) is -0.0131. The van der Waals surface area contributed by atoms with Gasteiger partial charge < -0.3 is 5.32 Å². The van der Waals surface area contributed by atoms with Gasteiger partial charge in [-0.05, 0) is 31.2 Å². The molecule has 1 N–H and O–H groups in total. The van der Waals surface area contributed by atoms with Gasteiger partial charge in [-0.1, -0.05) is 0 Å². The molecule has 2 rings (SSSR count). The number of hydrogen-bond donors (Lipinski definition) is 1. The first-order valence-electron chi connectivity index (χ1n) is 5.41. The first kappa shape index (κ1) is 12.4. The van der Waals surface area contributed by atoms with E-state index in [1.54, 1.807) is 17.5 Å². The Labute approximate surface area is 109 Å². The number of nitrogens with zero attached hydrogens (tertiary/aromatic N) is 1. The average molecular weight is 260 g/mol. The fourth-order valence-electron chi connectivity index (χ4n) is 1.40. The molecule has 0 saturated heterocycles. The molecule has 1 aromatic carbocycles. The maximum absolute atomic E-state index is 11.1. The van der Waals surface area contributed by atoms with E-state index in [9.17, 15) is 9.59 Å². The van der Waals surface area contributed by atoms with Crippen LogP contribution in [0.5, 0.6) is 0 Å². The van der Waals surface area contributed by atoms with Crippen molar-refractivity contribution in [1.29, 1.82) is 0 Å². The Kier molecular flexibility index (Phi) is 3.53. The molecule has 92 valence electrons. The molecule has 1 heterocycles. The smallest absolute Gasteiger partial charge is 0.187 e. The molecule has 4 nitrogen and oxygen atoms in total. The minimum Gasteiger partial charge on any atom is -0.332 e. The highest BCUT2D eigenvalue weighted by Gasteiger charge is 2.06. The fourth-order valence-corrected chi connectivity index (χ4v) is 2.17. The topological polar surface area (TPSA) is 59.1 Å². The highest BCUT2D eigenvalue weighted by molar-refractivity contribution is 7.14. The van der Waals surface area contributed by atoms with Gasteiger partial charge in [-0.3, -0.25) is 9.59 Å². The Morgan fingerprint density at radius 3 is 2.28 bits per heavy atom. The standard InChI is InChI=1S/C13H12N2O2S/c1-8(16)10-3-5-11(6-4-10)14-13-15-12(7-18-13)9(2)17/h3-7H,1-2H3,(H,14,15). The molecule has 0 atom stereocenters. The van der Waals surface area contributed by atoms with E-state index < -0.39 is 0 Å². The Hall–Kier alpha value is -2.01. The van der Waals surface area contributed by atoms with Crippen molar-refractivity contribution in [1.82, 2.24) is 4.98 Å². The lowest BCUT2D eigenvalue weighted by Crippen LogP contribution is -1.95. The second-order valence-electron chi connectivity index (χ2n) is 3.85.